The SMILES string of the molecule is Cc1cccc(C(O)CNCc2cc(F)c(F)c(F)c2)c1. The summed E-state index contributed by atoms with van der Waals surface area (Å²) in [6, 6.07) is 9.31. The summed E-state index contributed by atoms with van der Waals surface area (Å²) in [5.74, 6) is -3.91. The number of aryl methyl sites for hydroxylation is 1. The van der Waals surface area contributed by atoms with Crippen molar-refractivity contribution in [3.63, 3.8) is 0 Å². The molecule has 0 radical (unpaired) electrons. The Bertz CT molecular complexity index is 608. The van der Waals surface area contributed by atoms with Gasteiger partial charge in [0.2, 0.25) is 0 Å². The maximum absolute atomic E-state index is 13.0. The Morgan fingerprint density at radius 2 is 1.76 bits per heavy atom. The molecule has 5 heteroatoms. The molecule has 0 bridgehead atoms. The largest absolute Gasteiger partial charge is 0.387 e. The van der Waals surface area contributed by atoms with Gasteiger partial charge in [0, 0.05) is 13.1 Å². The molecule has 2 N–H and O–H groups in total. The molecule has 0 aliphatic carbocycles. The van der Waals surface area contributed by atoms with Gasteiger partial charge in [-0.3, -0.25) is 0 Å². The van der Waals surface area contributed by atoms with Gasteiger partial charge in [0.25, 0.3) is 0 Å². The smallest absolute Gasteiger partial charge is 0.194 e. The van der Waals surface area contributed by atoms with Gasteiger partial charge in [-0.1, -0.05) is 29.8 Å². The molecule has 0 aromatic heterocycles. The Morgan fingerprint density at radius 1 is 1.10 bits per heavy atom. The molecule has 0 aliphatic heterocycles. The van der Waals surface area contributed by atoms with E-state index in [1.807, 2.05) is 25.1 Å². The van der Waals surface area contributed by atoms with Crippen LogP contribution in [0.4, 0.5) is 13.2 Å². The first kappa shape index (κ1) is 15.5. The molecule has 1 unspecified atom stereocenters. The Kier molecular flexibility index (Phi) is 4.98. The molecule has 0 aliphatic rings. The minimum atomic E-state index is -1.47. The van der Waals surface area contributed by atoms with Crippen LogP contribution in [0, 0.1) is 24.4 Å². The lowest BCUT2D eigenvalue weighted by Crippen LogP contribution is -2.21. The number of rotatable bonds is 5. The van der Waals surface area contributed by atoms with Crippen LogP contribution in [-0.4, -0.2) is 11.7 Å². The van der Waals surface area contributed by atoms with Gasteiger partial charge < -0.3 is 10.4 Å². The topological polar surface area (TPSA) is 32.3 Å². The number of aliphatic hydroxyl groups excluding tert-OH is 1. The molecule has 0 saturated carbocycles. The Hall–Kier alpha value is -1.85. The van der Waals surface area contributed by atoms with Gasteiger partial charge >= 0.3 is 0 Å². The van der Waals surface area contributed by atoms with Crippen LogP contribution >= 0.6 is 0 Å². The average molecular weight is 295 g/mol. The van der Waals surface area contributed by atoms with E-state index in [1.165, 1.54) is 0 Å². The van der Waals surface area contributed by atoms with Crippen LogP contribution in [-0.2, 0) is 6.54 Å². The van der Waals surface area contributed by atoms with Crippen LogP contribution in [0.25, 0.3) is 0 Å². The van der Waals surface area contributed by atoms with E-state index >= 15 is 0 Å². The first-order valence-corrected chi connectivity index (χ1v) is 6.56. The van der Waals surface area contributed by atoms with Crippen molar-refractivity contribution in [2.75, 3.05) is 6.54 Å². The molecule has 2 aromatic rings. The zero-order chi connectivity index (χ0) is 15.4. The van der Waals surface area contributed by atoms with Crippen molar-refractivity contribution in [3.8, 4) is 0 Å². The molecular formula is C16H16F3NO. The molecule has 112 valence electrons. The Balaban J connectivity index is 1.92. The van der Waals surface area contributed by atoms with E-state index in [9.17, 15) is 18.3 Å². The molecule has 0 fully saturated rings. The molecule has 1 atom stereocenters. The van der Waals surface area contributed by atoms with E-state index in [0.717, 1.165) is 23.3 Å². The highest BCUT2D eigenvalue weighted by atomic mass is 19.2. The van der Waals surface area contributed by atoms with E-state index in [4.69, 9.17) is 0 Å². The van der Waals surface area contributed by atoms with Crippen molar-refractivity contribution in [2.45, 2.75) is 19.6 Å². The highest BCUT2D eigenvalue weighted by molar-refractivity contribution is 5.24. The van der Waals surface area contributed by atoms with Gasteiger partial charge in [0.05, 0.1) is 6.10 Å². The molecule has 0 heterocycles. The van der Waals surface area contributed by atoms with Crippen molar-refractivity contribution >= 4 is 0 Å². The summed E-state index contributed by atoms with van der Waals surface area (Å²) in [4.78, 5) is 0. The summed E-state index contributed by atoms with van der Waals surface area (Å²) in [6.07, 6.45) is -0.722. The predicted molar refractivity (Wildman–Crippen MR) is 74.2 cm³/mol. The van der Waals surface area contributed by atoms with Crippen molar-refractivity contribution in [1.82, 2.24) is 5.32 Å². The predicted octanol–water partition coefficient (Wildman–Crippen LogP) is 3.24. The molecule has 2 nitrogen and oxygen atoms in total. The van der Waals surface area contributed by atoms with Crippen LogP contribution in [0.1, 0.15) is 22.8 Å². The van der Waals surface area contributed by atoms with Gasteiger partial charge in [-0.15, -0.1) is 0 Å². The molecule has 0 spiro atoms. The van der Waals surface area contributed by atoms with Gasteiger partial charge in [-0.25, -0.2) is 13.2 Å². The normalized spacial score (nSPS) is 12.4. The fraction of sp³-hybridized carbons (Fsp3) is 0.250. The average Bonchev–Trinajstić information content (AvgIpc) is 2.44. The minimum absolute atomic E-state index is 0.136. The van der Waals surface area contributed by atoms with Gasteiger partial charge in [-0.2, -0.15) is 0 Å². The summed E-state index contributed by atoms with van der Waals surface area (Å²) in [6.45, 7) is 2.29. The summed E-state index contributed by atoms with van der Waals surface area (Å²) < 4.78 is 38.9. The summed E-state index contributed by atoms with van der Waals surface area (Å²) >= 11 is 0. The summed E-state index contributed by atoms with van der Waals surface area (Å²) in [5, 5.41) is 12.9. The zero-order valence-corrected chi connectivity index (χ0v) is 11.5. The molecule has 21 heavy (non-hydrogen) atoms. The number of halogens is 3. The first-order chi connectivity index (χ1) is 9.97. The summed E-state index contributed by atoms with van der Waals surface area (Å²) in [7, 11) is 0. The number of aliphatic hydroxyl groups is 1. The van der Waals surface area contributed by atoms with E-state index in [-0.39, 0.29) is 18.7 Å². The van der Waals surface area contributed by atoms with E-state index in [0.29, 0.717) is 0 Å². The van der Waals surface area contributed by atoms with Crippen LogP contribution in [0.5, 0.6) is 0 Å². The minimum Gasteiger partial charge on any atom is -0.387 e. The van der Waals surface area contributed by atoms with Gasteiger partial charge in [0.1, 0.15) is 0 Å². The number of hydrogen-bond donors (Lipinski definition) is 2. The highest BCUT2D eigenvalue weighted by Crippen LogP contribution is 2.15. The third-order valence-electron chi connectivity index (χ3n) is 3.14. The Labute approximate surface area is 121 Å². The van der Waals surface area contributed by atoms with Crippen molar-refractivity contribution < 1.29 is 18.3 Å². The second-order valence-corrected chi connectivity index (χ2v) is 4.93. The summed E-state index contributed by atoms with van der Waals surface area (Å²) in [5.41, 5.74) is 2.08. The lowest BCUT2D eigenvalue weighted by atomic mass is 10.1. The third-order valence-corrected chi connectivity index (χ3v) is 3.14. The van der Waals surface area contributed by atoms with Crippen molar-refractivity contribution in [3.05, 3.63) is 70.5 Å². The molecular weight excluding hydrogens is 279 g/mol. The monoisotopic (exact) mass is 295 g/mol. The maximum Gasteiger partial charge on any atom is 0.194 e. The number of benzene rings is 2. The van der Waals surface area contributed by atoms with Crippen molar-refractivity contribution in [1.29, 1.82) is 0 Å². The second-order valence-electron chi connectivity index (χ2n) is 4.93. The first-order valence-electron chi connectivity index (χ1n) is 6.56. The maximum atomic E-state index is 13.0. The van der Waals surface area contributed by atoms with E-state index < -0.39 is 23.6 Å². The van der Waals surface area contributed by atoms with Crippen molar-refractivity contribution in [2.24, 2.45) is 0 Å². The molecule has 0 amide bonds. The zero-order valence-electron chi connectivity index (χ0n) is 11.5. The molecule has 2 rings (SSSR count). The molecule has 2 aromatic carbocycles. The van der Waals surface area contributed by atoms with Crippen LogP contribution in [0.3, 0.4) is 0 Å². The lowest BCUT2D eigenvalue weighted by molar-refractivity contribution is 0.174. The number of nitrogens with one attached hydrogen (secondary N) is 1. The van der Waals surface area contributed by atoms with Gasteiger partial charge in [-0.05, 0) is 30.2 Å². The Morgan fingerprint density at radius 3 is 2.38 bits per heavy atom. The van der Waals surface area contributed by atoms with Gasteiger partial charge in [0.15, 0.2) is 17.5 Å². The fourth-order valence-corrected chi connectivity index (χ4v) is 2.06. The highest BCUT2D eigenvalue weighted by Gasteiger charge is 2.11. The third kappa shape index (κ3) is 4.06. The second kappa shape index (κ2) is 6.74. The fourth-order valence-electron chi connectivity index (χ4n) is 2.06. The lowest BCUT2D eigenvalue weighted by Gasteiger charge is -2.13. The molecule has 0 saturated heterocycles. The standard InChI is InChI=1S/C16H16F3NO/c1-10-3-2-4-12(5-10)15(21)9-20-8-11-6-13(17)16(19)14(18)7-11/h2-7,15,20-21H,8-9H2,1H3. The van der Waals surface area contributed by atoms with Crippen LogP contribution in [0.15, 0.2) is 36.4 Å². The number of hydrogen-bond acceptors (Lipinski definition) is 2. The van der Waals surface area contributed by atoms with Crippen LogP contribution < -0.4 is 5.32 Å². The van der Waals surface area contributed by atoms with Crippen LogP contribution in [0.2, 0.25) is 0 Å². The quantitative estimate of drug-likeness (QED) is 0.830. The van der Waals surface area contributed by atoms with E-state index in [2.05, 4.69) is 5.32 Å². The van der Waals surface area contributed by atoms with E-state index in [1.54, 1.807) is 6.07 Å².